The Balaban J connectivity index is 1.54. The average Bonchev–Trinajstić information content (AvgIpc) is 2.87. The number of esters is 1. The number of halogens is 2. The van der Waals surface area contributed by atoms with Crippen LogP contribution in [-0.2, 0) is 23.7 Å². The fourth-order valence-corrected chi connectivity index (χ4v) is 3.10. The van der Waals surface area contributed by atoms with Crippen molar-refractivity contribution in [2.45, 2.75) is 35.4 Å². The summed E-state index contributed by atoms with van der Waals surface area (Å²) in [6.45, 7) is 0.107. The predicted molar refractivity (Wildman–Crippen MR) is 74.4 cm³/mol. The first-order valence-electron chi connectivity index (χ1n) is 6.78. The van der Waals surface area contributed by atoms with Crippen molar-refractivity contribution in [2.75, 3.05) is 6.61 Å². The van der Waals surface area contributed by atoms with E-state index in [1.807, 2.05) is 6.07 Å². The molecule has 1 aromatic carbocycles. The Morgan fingerprint density at radius 3 is 2.77 bits per heavy atom. The van der Waals surface area contributed by atoms with Crippen molar-refractivity contribution < 1.29 is 28.5 Å². The molecule has 4 fully saturated rings. The summed E-state index contributed by atoms with van der Waals surface area (Å²) >= 11 is 11.7. The van der Waals surface area contributed by atoms with E-state index in [9.17, 15) is 4.79 Å². The number of rotatable bonds is 3. The van der Waals surface area contributed by atoms with Gasteiger partial charge in [0.1, 0.15) is 6.10 Å². The maximum atomic E-state index is 12.2. The lowest BCUT2D eigenvalue weighted by molar-refractivity contribution is -0.328. The monoisotopic (exact) mass is 346 g/mol. The summed E-state index contributed by atoms with van der Waals surface area (Å²) in [4.78, 5) is 11.2. The van der Waals surface area contributed by atoms with E-state index in [-0.39, 0.29) is 6.61 Å². The standard InChI is InChI=1S/C14H12Cl2O6/c15-13(16)14-18-6-8-9(10(21-14)12(19-8)22-14)20-11(17)7-4-2-1-3-5-7/h1-5,8-10,12-13H,6H2/t8-,9-,10+,12+,14+/m1/s1. The smallest absolute Gasteiger partial charge is 0.338 e. The van der Waals surface area contributed by atoms with Crippen molar-refractivity contribution in [1.29, 1.82) is 0 Å². The molecule has 5 rings (SSSR count). The lowest BCUT2D eigenvalue weighted by Crippen LogP contribution is -2.40. The van der Waals surface area contributed by atoms with Gasteiger partial charge < -0.3 is 18.9 Å². The van der Waals surface area contributed by atoms with E-state index in [1.54, 1.807) is 24.3 Å². The van der Waals surface area contributed by atoms with Crippen molar-refractivity contribution in [1.82, 2.24) is 0 Å². The molecule has 22 heavy (non-hydrogen) atoms. The van der Waals surface area contributed by atoms with Gasteiger partial charge in [-0.15, -0.1) is 0 Å². The molecule has 8 heteroatoms. The van der Waals surface area contributed by atoms with Crippen LogP contribution in [0.3, 0.4) is 0 Å². The van der Waals surface area contributed by atoms with E-state index in [2.05, 4.69) is 0 Å². The number of carbonyl (C=O) groups excluding carboxylic acids is 1. The molecule has 4 heterocycles. The minimum absolute atomic E-state index is 0.107. The van der Waals surface area contributed by atoms with Gasteiger partial charge in [-0.1, -0.05) is 41.4 Å². The highest BCUT2D eigenvalue weighted by Crippen LogP contribution is 2.47. The Morgan fingerprint density at radius 1 is 1.27 bits per heavy atom. The first kappa shape index (κ1) is 14.7. The van der Waals surface area contributed by atoms with Crippen LogP contribution in [-0.4, -0.2) is 48.0 Å². The van der Waals surface area contributed by atoms with Crippen molar-refractivity contribution in [2.24, 2.45) is 0 Å². The third-order valence-corrected chi connectivity index (χ3v) is 4.35. The highest BCUT2D eigenvalue weighted by molar-refractivity contribution is 6.44. The van der Waals surface area contributed by atoms with Crippen LogP contribution in [0.15, 0.2) is 30.3 Å². The first-order chi connectivity index (χ1) is 10.6. The molecule has 0 aliphatic carbocycles. The zero-order chi connectivity index (χ0) is 15.3. The normalized spacial score (nSPS) is 39.2. The lowest BCUT2D eigenvalue weighted by Gasteiger charge is -2.25. The molecule has 0 N–H and O–H groups in total. The van der Waals surface area contributed by atoms with Gasteiger partial charge in [0.15, 0.2) is 23.3 Å². The fraction of sp³-hybridized carbons (Fsp3) is 0.500. The Bertz CT molecular complexity index is 582. The van der Waals surface area contributed by atoms with Gasteiger partial charge in [-0.2, -0.15) is 0 Å². The molecule has 5 atom stereocenters. The molecule has 4 aliphatic rings. The van der Waals surface area contributed by atoms with E-state index >= 15 is 0 Å². The fourth-order valence-electron chi connectivity index (χ4n) is 2.77. The number of hydrogen-bond donors (Lipinski definition) is 0. The summed E-state index contributed by atoms with van der Waals surface area (Å²) in [5.74, 6) is -2.03. The van der Waals surface area contributed by atoms with E-state index < -0.39 is 41.4 Å². The van der Waals surface area contributed by atoms with Crippen LogP contribution >= 0.6 is 23.2 Å². The molecule has 0 amide bonds. The predicted octanol–water partition coefficient (Wildman–Crippen LogP) is 1.84. The number of alkyl halides is 2. The zero-order valence-corrected chi connectivity index (χ0v) is 12.7. The molecular weight excluding hydrogens is 335 g/mol. The molecule has 4 aliphatic heterocycles. The summed E-state index contributed by atoms with van der Waals surface area (Å²) in [7, 11) is 0. The summed E-state index contributed by atoms with van der Waals surface area (Å²) in [6, 6.07) is 8.68. The highest BCUT2D eigenvalue weighted by atomic mass is 35.5. The number of benzene rings is 1. The van der Waals surface area contributed by atoms with E-state index in [0.717, 1.165) is 0 Å². The van der Waals surface area contributed by atoms with Crippen molar-refractivity contribution >= 4 is 29.2 Å². The van der Waals surface area contributed by atoms with Gasteiger partial charge in [0.2, 0.25) is 0 Å². The molecule has 0 spiro atoms. The minimum Gasteiger partial charge on any atom is -0.453 e. The second-order valence-corrected chi connectivity index (χ2v) is 6.29. The second-order valence-electron chi connectivity index (χ2n) is 5.19. The number of ether oxygens (including phenoxy) is 5. The molecule has 0 aromatic heterocycles. The summed E-state index contributed by atoms with van der Waals surface area (Å²) in [6.07, 6.45) is -2.48. The number of fused-ring (bicyclic) bond motifs is 1. The molecule has 1 aromatic rings. The van der Waals surface area contributed by atoms with Gasteiger partial charge in [-0.3, -0.25) is 4.74 Å². The van der Waals surface area contributed by atoms with E-state index in [0.29, 0.717) is 5.56 Å². The third kappa shape index (κ3) is 2.22. The van der Waals surface area contributed by atoms with Gasteiger partial charge in [0.05, 0.1) is 12.2 Å². The van der Waals surface area contributed by atoms with Crippen molar-refractivity contribution in [3.8, 4) is 0 Å². The highest BCUT2D eigenvalue weighted by Gasteiger charge is 2.65. The average molecular weight is 347 g/mol. The van der Waals surface area contributed by atoms with Crippen LogP contribution in [0, 0.1) is 0 Å². The first-order valence-corrected chi connectivity index (χ1v) is 7.65. The largest absolute Gasteiger partial charge is 0.453 e. The number of carbonyl (C=O) groups is 1. The van der Waals surface area contributed by atoms with Gasteiger partial charge in [-0.25, -0.2) is 4.79 Å². The van der Waals surface area contributed by atoms with Gasteiger partial charge in [-0.05, 0) is 12.1 Å². The molecular formula is C14H12Cl2O6. The minimum atomic E-state index is -1.57. The Kier molecular flexibility index (Phi) is 3.56. The topological polar surface area (TPSA) is 63.2 Å². The molecule has 4 saturated heterocycles. The molecule has 0 radical (unpaired) electrons. The van der Waals surface area contributed by atoms with Crippen molar-refractivity contribution in [3.05, 3.63) is 35.9 Å². The SMILES string of the molecule is O=C(O[C@H]1[C@@H]2O[C@]3(C(Cl)Cl)OC[C@H]1O[C@H]2O3)c1ccccc1. The van der Waals surface area contributed by atoms with Crippen LogP contribution in [0.1, 0.15) is 10.4 Å². The number of hydrogen-bond acceptors (Lipinski definition) is 6. The quantitative estimate of drug-likeness (QED) is 0.614. The van der Waals surface area contributed by atoms with Gasteiger partial charge >= 0.3 is 11.9 Å². The Morgan fingerprint density at radius 2 is 2.05 bits per heavy atom. The van der Waals surface area contributed by atoms with Crippen LogP contribution in [0.2, 0.25) is 0 Å². The molecule has 0 unspecified atom stereocenters. The molecule has 4 bridgehead atoms. The van der Waals surface area contributed by atoms with Crippen molar-refractivity contribution in [3.63, 3.8) is 0 Å². The summed E-state index contributed by atoms with van der Waals surface area (Å²) in [5.41, 5.74) is 0.447. The van der Waals surface area contributed by atoms with Gasteiger partial charge in [0, 0.05) is 0 Å². The van der Waals surface area contributed by atoms with E-state index in [1.165, 1.54) is 0 Å². The van der Waals surface area contributed by atoms with Crippen LogP contribution in [0.5, 0.6) is 0 Å². The zero-order valence-electron chi connectivity index (χ0n) is 11.2. The van der Waals surface area contributed by atoms with E-state index in [4.69, 9.17) is 46.9 Å². The second kappa shape index (κ2) is 5.33. The summed E-state index contributed by atoms with van der Waals surface area (Å²) < 4.78 is 27.8. The Hall–Kier alpha value is -0.890. The third-order valence-electron chi connectivity index (χ3n) is 3.82. The lowest BCUT2D eigenvalue weighted by atomic mass is 10.1. The maximum Gasteiger partial charge on any atom is 0.338 e. The van der Waals surface area contributed by atoms with Crippen LogP contribution in [0.4, 0.5) is 0 Å². The maximum absolute atomic E-state index is 12.2. The van der Waals surface area contributed by atoms with Gasteiger partial charge in [0.25, 0.3) is 0 Å². The van der Waals surface area contributed by atoms with Crippen LogP contribution < -0.4 is 0 Å². The molecule has 118 valence electrons. The Labute approximate surface area is 136 Å². The molecule has 6 nitrogen and oxygen atoms in total. The summed E-state index contributed by atoms with van der Waals surface area (Å²) in [5, 5.41) is 0. The van der Waals surface area contributed by atoms with Crippen LogP contribution in [0.25, 0.3) is 0 Å². The molecule has 0 saturated carbocycles.